The fourth-order valence-electron chi connectivity index (χ4n) is 3.39. The molecule has 0 aliphatic carbocycles. The van der Waals surface area contributed by atoms with Gasteiger partial charge in [-0.05, 0) is 41.9 Å². The van der Waals surface area contributed by atoms with E-state index in [1.165, 1.54) is 11.1 Å². The van der Waals surface area contributed by atoms with Crippen LogP contribution in [-0.2, 0) is 11.2 Å². The number of hydrogen-bond acceptors (Lipinski definition) is 4. The molecule has 0 radical (unpaired) electrons. The summed E-state index contributed by atoms with van der Waals surface area (Å²) < 4.78 is 10.8. The minimum absolute atomic E-state index is 0.240. The predicted octanol–water partition coefficient (Wildman–Crippen LogP) is 2.78. The molecular weight excluding hydrogens is 370 g/mol. The smallest absolute Gasteiger partial charge is 0.166 e. The molecule has 2 aromatic carbocycles. The van der Waals surface area contributed by atoms with Gasteiger partial charge in [-0.3, -0.25) is 4.90 Å². The van der Waals surface area contributed by atoms with Gasteiger partial charge in [0.25, 0.3) is 0 Å². The number of hydrogen-bond donors (Lipinski definition) is 2. The first-order valence-electron chi connectivity index (χ1n) is 9.77. The van der Waals surface area contributed by atoms with Gasteiger partial charge >= 0.3 is 0 Å². The second-order valence-electron chi connectivity index (χ2n) is 6.81. The van der Waals surface area contributed by atoms with Crippen molar-refractivity contribution < 1.29 is 9.47 Å². The summed E-state index contributed by atoms with van der Waals surface area (Å²) in [6, 6.07) is 19.0. The maximum absolute atomic E-state index is 5.52. The maximum atomic E-state index is 5.52. The van der Waals surface area contributed by atoms with Crippen LogP contribution in [0.5, 0.6) is 5.75 Å². The van der Waals surface area contributed by atoms with Crippen LogP contribution in [0.1, 0.15) is 17.2 Å². The van der Waals surface area contributed by atoms with Gasteiger partial charge in [-0.25, -0.2) is 0 Å². The highest BCUT2D eigenvalue weighted by Gasteiger charge is 2.22. The Morgan fingerprint density at radius 1 is 1.07 bits per heavy atom. The van der Waals surface area contributed by atoms with Crippen molar-refractivity contribution in [3.63, 3.8) is 0 Å². The van der Waals surface area contributed by atoms with Crippen LogP contribution in [-0.4, -0.2) is 56.5 Å². The molecule has 1 unspecified atom stereocenters. The summed E-state index contributed by atoms with van der Waals surface area (Å²) in [6.45, 7) is 4.96. The lowest BCUT2D eigenvalue weighted by molar-refractivity contribution is 0.0170. The number of methoxy groups -OCH3 is 1. The number of nitrogens with zero attached hydrogens (tertiary/aromatic N) is 1. The maximum Gasteiger partial charge on any atom is 0.166 e. The molecule has 2 N–H and O–H groups in total. The Kier molecular flexibility index (Phi) is 8.08. The number of rotatable bonds is 8. The third-order valence-corrected chi connectivity index (χ3v) is 5.27. The second kappa shape index (κ2) is 11.0. The van der Waals surface area contributed by atoms with E-state index in [9.17, 15) is 0 Å². The zero-order valence-corrected chi connectivity index (χ0v) is 17.2. The van der Waals surface area contributed by atoms with Crippen LogP contribution in [0, 0.1) is 0 Å². The summed E-state index contributed by atoms with van der Waals surface area (Å²) in [5.74, 6) is 0.871. The van der Waals surface area contributed by atoms with Crippen LogP contribution in [0.15, 0.2) is 54.6 Å². The average molecular weight is 400 g/mol. The van der Waals surface area contributed by atoms with Crippen LogP contribution < -0.4 is 15.4 Å². The molecule has 3 rings (SSSR count). The van der Waals surface area contributed by atoms with Gasteiger partial charge in [0.05, 0.1) is 26.4 Å². The van der Waals surface area contributed by atoms with E-state index in [2.05, 4.69) is 51.9 Å². The van der Waals surface area contributed by atoms with E-state index < -0.39 is 0 Å². The Bertz CT molecular complexity index is 718. The first kappa shape index (κ1) is 20.6. The molecule has 0 amide bonds. The lowest BCUT2D eigenvalue weighted by Gasteiger charge is -2.35. The molecule has 0 bridgehead atoms. The van der Waals surface area contributed by atoms with Gasteiger partial charge in [0.15, 0.2) is 5.11 Å². The van der Waals surface area contributed by atoms with Crippen molar-refractivity contribution in [2.45, 2.75) is 12.5 Å². The molecule has 1 atom stereocenters. The monoisotopic (exact) mass is 399 g/mol. The summed E-state index contributed by atoms with van der Waals surface area (Å²) in [5, 5.41) is 7.41. The molecule has 6 heteroatoms. The van der Waals surface area contributed by atoms with Crippen LogP contribution >= 0.6 is 12.2 Å². The minimum Gasteiger partial charge on any atom is -0.497 e. The van der Waals surface area contributed by atoms with Gasteiger partial charge in [-0.15, -0.1) is 0 Å². The molecule has 28 heavy (non-hydrogen) atoms. The van der Waals surface area contributed by atoms with E-state index in [0.29, 0.717) is 5.11 Å². The highest BCUT2D eigenvalue weighted by molar-refractivity contribution is 7.80. The molecule has 1 saturated heterocycles. The van der Waals surface area contributed by atoms with Crippen molar-refractivity contribution in [3.05, 3.63) is 65.7 Å². The summed E-state index contributed by atoms with van der Waals surface area (Å²) in [5.41, 5.74) is 2.56. The Labute approximate surface area is 173 Å². The van der Waals surface area contributed by atoms with Gasteiger partial charge in [0, 0.05) is 26.2 Å². The van der Waals surface area contributed by atoms with Gasteiger partial charge in [-0.1, -0.05) is 42.5 Å². The topological polar surface area (TPSA) is 45.8 Å². The lowest BCUT2D eigenvalue weighted by atomic mass is 10.0. The Balaban J connectivity index is 1.53. The van der Waals surface area contributed by atoms with Crippen LogP contribution in [0.3, 0.4) is 0 Å². The van der Waals surface area contributed by atoms with Crippen molar-refractivity contribution in [1.82, 2.24) is 15.5 Å². The predicted molar refractivity (Wildman–Crippen MR) is 117 cm³/mol. The Hall–Kier alpha value is -2.15. The Morgan fingerprint density at radius 3 is 2.46 bits per heavy atom. The van der Waals surface area contributed by atoms with Crippen LogP contribution in [0.25, 0.3) is 0 Å². The fourth-order valence-corrected chi connectivity index (χ4v) is 3.58. The summed E-state index contributed by atoms with van der Waals surface area (Å²) in [6.07, 6.45) is 0.952. The zero-order chi connectivity index (χ0) is 19.6. The molecule has 1 fully saturated rings. The molecule has 5 nitrogen and oxygen atoms in total. The van der Waals surface area contributed by atoms with Crippen LogP contribution in [0.4, 0.5) is 0 Å². The normalized spacial score (nSPS) is 15.6. The molecule has 150 valence electrons. The zero-order valence-electron chi connectivity index (χ0n) is 16.4. The first-order valence-corrected chi connectivity index (χ1v) is 10.2. The number of ether oxygens (including phenoxy) is 2. The number of thiocarbonyl (C=S) groups is 1. The number of morpholine rings is 1. The van der Waals surface area contributed by atoms with Crippen molar-refractivity contribution in [3.8, 4) is 5.75 Å². The molecule has 2 aromatic rings. The lowest BCUT2D eigenvalue weighted by Crippen LogP contribution is -2.45. The molecule has 0 saturated carbocycles. The fraction of sp³-hybridized carbons (Fsp3) is 0.409. The largest absolute Gasteiger partial charge is 0.497 e. The second-order valence-corrected chi connectivity index (χ2v) is 7.22. The van der Waals surface area contributed by atoms with E-state index in [-0.39, 0.29) is 6.04 Å². The van der Waals surface area contributed by atoms with E-state index in [0.717, 1.165) is 51.6 Å². The van der Waals surface area contributed by atoms with Crippen molar-refractivity contribution in [2.75, 3.05) is 46.5 Å². The molecule has 0 aromatic heterocycles. The third kappa shape index (κ3) is 6.19. The third-order valence-electron chi connectivity index (χ3n) is 4.99. The summed E-state index contributed by atoms with van der Waals surface area (Å²) in [4.78, 5) is 2.45. The highest BCUT2D eigenvalue weighted by Crippen LogP contribution is 2.23. The van der Waals surface area contributed by atoms with E-state index in [1.54, 1.807) is 7.11 Å². The molecule has 1 aliphatic rings. The van der Waals surface area contributed by atoms with Crippen LogP contribution in [0.2, 0.25) is 0 Å². The van der Waals surface area contributed by atoms with Gasteiger partial charge in [-0.2, -0.15) is 0 Å². The summed E-state index contributed by atoms with van der Waals surface area (Å²) in [7, 11) is 1.69. The Morgan fingerprint density at radius 2 is 1.79 bits per heavy atom. The quantitative estimate of drug-likeness (QED) is 0.666. The van der Waals surface area contributed by atoms with Gasteiger partial charge in [0.2, 0.25) is 0 Å². The first-order chi connectivity index (χ1) is 13.8. The van der Waals surface area contributed by atoms with E-state index in [1.807, 2.05) is 18.2 Å². The SMILES string of the molecule is COc1ccc(C(CNC(=S)NCCc2ccccc2)N2CCOCC2)cc1. The van der Waals surface area contributed by atoms with Gasteiger partial charge < -0.3 is 20.1 Å². The summed E-state index contributed by atoms with van der Waals surface area (Å²) >= 11 is 5.49. The molecule has 0 spiro atoms. The number of nitrogens with one attached hydrogen (secondary N) is 2. The van der Waals surface area contributed by atoms with Gasteiger partial charge in [0.1, 0.15) is 5.75 Å². The molecule has 1 aliphatic heterocycles. The molecular formula is C22H29N3O2S. The van der Waals surface area contributed by atoms with E-state index in [4.69, 9.17) is 21.7 Å². The highest BCUT2D eigenvalue weighted by atomic mass is 32.1. The average Bonchev–Trinajstić information content (AvgIpc) is 2.76. The van der Waals surface area contributed by atoms with Crippen molar-refractivity contribution in [2.24, 2.45) is 0 Å². The van der Waals surface area contributed by atoms with Crippen molar-refractivity contribution >= 4 is 17.3 Å². The minimum atomic E-state index is 0.240. The standard InChI is InChI=1S/C22H29N3O2S/c1-26-20-9-7-19(8-10-20)21(25-13-15-27-16-14-25)17-24-22(28)23-12-11-18-5-3-2-4-6-18/h2-10,21H,11-17H2,1H3,(H2,23,24,28). The number of benzene rings is 2. The molecule has 1 heterocycles. The van der Waals surface area contributed by atoms with E-state index >= 15 is 0 Å². The van der Waals surface area contributed by atoms with Crippen molar-refractivity contribution in [1.29, 1.82) is 0 Å².